The summed E-state index contributed by atoms with van der Waals surface area (Å²) in [5.41, 5.74) is 0. The summed E-state index contributed by atoms with van der Waals surface area (Å²) in [5.74, 6) is -0.116. The molecule has 6 N–H and O–H groups in total. The highest BCUT2D eigenvalue weighted by atomic mass is 32.2. The second kappa shape index (κ2) is 24.1. The molecule has 0 aromatic heterocycles. The molecule has 50 heavy (non-hydrogen) atoms. The predicted molar refractivity (Wildman–Crippen MR) is 187 cm³/mol. The van der Waals surface area contributed by atoms with Crippen LogP contribution in [-0.2, 0) is 52.9 Å². The summed E-state index contributed by atoms with van der Waals surface area (Å²) >= 11 is 2.57. The number of hydrogen-bond donors (Lipinski definition) is 6. The van der Waals surface area contributed by atoms with E-state index in [2.05, 4.69) is 13.2 Å². The molecule has 10 atom stereocenters. The number of aliphatic hydroxyl groups excluding tert-OH is 5. The van der Waals surface area contributed by atoms with E-state index in [-0.39, 0.29) is 50.7 Å². The first-order valence-electron chi connectivity index (χ1n) is 15.0. The number of aliphatic carboxylic acids is 1. The quantitative estimate of drug-likeness (QED) is 0.0633. The number of thioether (sulfide) groups is 2. The average Bonchev–Trinajstić information content (AvgIpc) is 3.04. The van der Waals surface area contributed by atoms with Crippen LogP contribution in [0.3, 0.4) is 0 Å². The molecule has 0 spiro atoms. The van der Waals surface area contributed by atoms with Crippen LogP contribution in [0.5, 0.6) is 0 Å². The molecule has 2 heterocycles. The Morgan fingerprint density at radius 2 is 1.26 bits per heavy atom. The van der Waals surface area contributed by atoms with E-state index in [0.29, 0.717) is 17.3 Å². The highest BCUT2D eigenvalue weighted by molar-refractivity contribution is 8.01. The van der Waals surface area contributed by atoms with Gasteiger partial charge in [0.25, 0.3) is 0 Å². The van der Waals surface area contributed by atoms with E-state index in [1.807, 2.05) is 0 Å². The van der Waals surface area contributed by atoms with Gasteiger partial charge in [0.15, 0.2) is 32.1 Å². The Morgan fingerprint density at radius 1 is 0.760 bits per heavy atom. The van der Waals surface area contributed by atoms with Crippen LogP contribution < -0.4 is 0 Å². The first-order chi connectivity index (χ1) is 22.9. The van der Waals surface area contributed by atoms with Crippen molar-refractivity contribution in [3.63, 3.8) is 0 Å². The molecule has 0 amide bonds. The van der Waals surface area contributed by atoms with Crippen LogP contribution in [0, 0.1) is 0 Å². The average molecular weight is 801 g/mol. The fourth-order valence-corrected chi connectivity index (χ4v) is 8.39. The first-order valence-corrected chi connectivity index (χ1v) is 20.7. The first kappa shape index (κ1) is 48.7. The van der Waals surface area contributed by atoms with E-state index in [1.165, 1.54) is 37.6 Å². The number of hydrogen-bond acceptors (Lipinski definition) is 18. The van der Waals surface area contributed by atoms with Crippen molar-refractivity contribution in [3.8, 4) is 0 Å². The number of carbonyl (C=O) groups excluding carboxylic acids is 1. The minimum absolute atomic E-state index is 0. The van der Waals surface area contributed by atoms with E-state index in [4.69, 9.17) is 28.8 Å². The Bertz CT molecular complexity index is 1250. The number of aliphatic hydroxyl groups is 5. The van der Waals surface area contributed by atoms with Crippen LogP contribution >= 0.6 is 23.5 Å². The molecular weight excluding hydrogens is 749 g/mol. The van der Waals surface area contributed by atoms with Gasteiger partial charge in [-0.3, -0.25) is 9.59 Å². The van der Waals surface area contributed by atoms with Crippen LogP contribution in [0.15, 0.2) is 24.0 Å². The van der Waals surface area contributed by atoms with Gasteiger partial charge in [0.2, 0.25) is 0 Å². The number of methoxy groups -OCH3 is 1. The van der Waals surface area contributed by atoms with Gasteiger partial charge in [-0.2, -0.15) is 23.5 Å². The molecule has 2 rings (SSSR count). The molecule has 2 aliphatic rings. The van der Waals surface area contributed by atoms with Gasteiger partial charge in [-0.1, -0.05) is 20.6 Å². The molecule has 21 heteroatoms. The van der Waals surface area contributed by atoms with Crippen LogP contribution in [0.2, 0.25) is 0 Å². The zero-order chi connectivity index (χ0) is 37.4. The van der Waals surface area contributed by atoms with Gasteiger partial charge in [-0.25, -0.2) is 16.8 Å². The molecular formula is C29H52O17S4. The summed E-state index contributed by atoms with van der Waals surface area (Å²) in [7, 11) is -5.06. The van der Waals surface area contributed by atoms with Crippen molar-refractivity contribution in [1.82, 2.24) is 0 Å². The second-order valence-corrected chi connectivity index (χ2v) is 17.4. The smallest absolute Gasteiger partial charge is 0.307 e. The van der Waals surface area contributed by atoms with Gasteiger partial charge in [0, 0.05) is 40.9 Å². The Hall–Kier alpha value is -1.34. The normalized spacial score (nSPS) is 29.8. The highest BCUT2D eigenvalue weighted by Gasteiger charge is 2.47. The van der Waals surface area contributed by atoms with Gasteiger partial charge in [-0.15, -0.1) is 0 Å². The predicted octanol–water partition coefficient (Wildman–Crippen LogP) is -1.05. The number of sulfone groups is 2. The lowest BCUT2D eigenvalue weighted by atomic mass is 9.95. The number of ether oxygens (including phenoxy) is 5. The van der Waals surface area contributed by atoms with E-state index in [9.17, 15) is 52.0 Å². The van der Waals surface area contributed by atoms with Crippen LogP contribution in [-0.4, -0.2) is 175 Å². The molecule has 2 fully saturated rings. The van der Waals surface area contributed by atoms with Crippen molar-refractivity contribution in [2.24, 2.45) is 0 Å². The van der Waals surface area contributed by atoms with Crippen molar-refractivity contribution in [3.05, 3.63) is 24.0 Å². The lowest BCUT2D eigenvalue weighted by Gasteiger charge is -2.43. The maximum atomic E-state index is 12.2. The summed E-state index contributed by atoms with van der Waals surface area (Å²) in [6.45, 7) is 7.52. The fraction of sp³-hybridized carbons (Fsp3) is 0.793. The van der Waals surface area contributed by atoms with Gasteiger partial charge >= 0.3 is 11.9 Å². The number of esters is 1. The zero-order valence-corrected chi connectivity index (χ0v) is 30.5. The summed E-state index contributed by atoms with van der Waals surface area (Å²) in [6.07, 6.45) is -12.9. The van der Waals surface area contributed by atoms with Crippen molar-refractivity contribution in [1.29, 1.82) is 0 Å². The SMILES string of the molecule is C.C=CS(=O)(=O)CCSCCC(=O)O.C=CS(=O)(=O)CCSCCC(=O)OC1C(C)OC(COC2OC(COC)C(O)C(O)C2O)C(O)C1O. The number of carbonyl (C=O) groups is 2. The van der Waals surface area contributed by atoms with Crippen LogP contribution in [0.1, 0.15) is 27.2 Å². The van der Waals surface area contributed by atoms with E-state index in [1.54, 1.807) is 0 Å². The molecule has 10 unspecified atom stereocenters. The molecule has 0 saturated carbocycles. The molecule has 0 aliphatic carbocycles. The molecule has 2 saturated heterocycles. The van der Waals surface area contributed by atoms with E-state index >= 15 is 0 Å². The van der Waals surface area contributed by atoms with Gasteiger partial charge < -0.3 is 54.3 Å². The molecule has 294 valence electrons. The van der Waals surface area contributed by atoms with Crippen molar-refractivity contribution in [2.75, 3.05) is 54.8 Å². The third kappa shape index (κ3) is 17.5. The topological polar surface area (TPSA) is 270 Å². The highest BCUT2D eigenvalue weighted by Crippen LogP contribution is 2.27. The van der Waals surface area contributed by atoms with Crippen molar-refractivity contribution in [2.45, 2.75) is 88.4 Å². The second-order valence-electron chi connectivity index (χ2n) is 10.8. The fourth-order valence-electron chi connectivity index (χ4n) is 4.22. The zero-order valence-electron chi connectivity index (χ0n) is 27.2. The summed E-state index contributed by atoms with van der Waals surface area (Å²) in [4.78, 5) is 22.2. The Morgan fingerprint density at radius 3 is 1.76 bits per heavy atom. The van der Waals surface area contributed by atoms with Gasteiger partial charge in [0.1, 0.15) is 42.7 Å². The maximum Gasteiger partial charge on any atom is 0.307 e. The maximum absolute atomic E-state index is 12.2. The monoisotopic (exact) mass is 800 g/mol. The van der Waals surface area contributed by atoms with Crippen LogP contribution in [0.4, 0.5) is 0 Å². The van der Waals surface area contributed by atoms with Crippen LogP contribution in [0.25, 0.3) is 0 Å². The Kier molecular flexibility index (Phi) is 23.4. The van der Waals surface area contributed by atoms with Gasteiger partial charge in [0.05, 0.1) is 43.7 Å². The molecule has 17 nitrogen and oxygen atoms in total. The van der Waals surface area contributed by atoms with Gasteiger partial charge in [-0.05, 0) is 6.92 Å². The summed E-state index contributed by atoms with van der Waals surface area (Å²) < 4.78 is 71.2. The molecule has 0 aromatic rings. The third-order valence-corrected chi connectivity index (χ3v) is 12.1. The lowest BCUT2D eigenvalue weighted by molar-refractivity contribution is -0.314. The Labute approximate surface area is 302 Å². The lowest BCUT2D eigenvalue weighted by Crippen LogP contribution is -2.61. The number of carboxylic acids is 1. The minimum atomic E-state index is -3.31. The third-order valence-electron chi connectivity index (χ3n) is 7.05. The summed E-state index contributed by atoms with van der Waals surface area (Å²) in [5, 5.41) is 61.2. The number of rotatable bonds is 20. The Balaban J connectivity index is 0.00000145. The van der Waals surface area contributed by atoms with Crippen molar-refractivity contribution >= 4 is 55.1 Å². The van der Waals surface area contributed by atoms with E-state index < -0.39 is 92.8 Å². The minimum Gasteiger partial charge on any atom is -0.481 e. The summed E-state index contributed by atoms with van der Waals surface area (Å²) in [6, 6.07) is 0. The molecule has 0 aromatic carbocycles. The standard InChI is InChI=1S/C21H36O13S2.C7H12O4S2.CH4/c1-4-36(28,29)8-7-35-6-5-14(22)34-20-11(2)32-13(16(24)18(20)26)10-31-21-19(27)17(25)15(23)12(33-21)9-30-3;1-2-13(10,11)6-5-12-4-3-7(8)9;/h4,11-13,15-21,23-27H,1,5-10H2,2-3H3;2H,1,3-6H2,(H,8,9);1H4. The molecule has 0 bridgehead atoms. The van der Waals surface area contributed by atoms with E-state index in [0.717, 1.165) is 10.8 Å². The molecule has 2 aliphatic heterocycles. The number of carboxylic acid groups (broad SMARTS) is 1. The molecule has 0 radical (unpaired) electrons. The van der Waals surface area contributed by atoms with Crippen molar-refractivity contribution < 1.29 is 80.7 Å². The largest absolute Gasteiger partial charge is 0.481 e.